The lowest BCUT2D eigenvalue weighted by Crippen LogP contribution is -2.29. The number of halogens is 3. The Hall–Kier alpha value is -0.170. The Bertz CT molecular complexity index is 552. The van der Waals surface area contributed by atoms with Crippen molar-refractivity contribution in [3.63, 3.8) is 0 Å². The molecule has 7 heteroatoms. The maximum absolute atomic E-state index is 12.2. The Morgan fingerprint density at radius 1 is 0.952 bits per heavy atom. The summed E-state index contributed by atoms with van der Waals surface area (Å²) in [4.78, 5) is 24.5. The van der Waals surface area contributed by atoms with Crippen LogP contribution in [0.15, 0.2) is 31.4 Å². The predicted molar refractivity (Wildman–Crippen MR) is 110 cm³/mol. The van der Waals surface area contributed by atoms with Crippen molar-refractivity contribution in [1.82, 2.24) is 10.6 Å². The number of hydrogen-bond acceptors (Lipinski definition) is 2. The molecule has 1 aromatic rings. The van der Waals surface area contributed by atoms with E-state index >= 15 is 0 Å². The molecule has 0 saturated carbocycles. The van der Waals surface area contributed by atoms with E-state index in [1.54, 1.807) is 12.2 Å². The van der Waals surface area contributed by atoms with Crippen LogP contribution in [0.4, 0.5) is 0 Å². The van der Waals surface area contributed by atoms with Gasteiger partial charge in [-0.05, 0) is 73.8 Å². The van der Waals surface area contributed by atoms with Crippen molar-refractivity contribution in [2.24, 2.45) is 0 Å². The molecule has 0 radical (unpaired) electrons. The van der Waals surface area contributed by atoms with E-state index in [9.17, 15) is 9.59 Å². The molecule has 0 heterocycles. The normalized spacial score (nSPS) is 9.86. The van der Waals surface area contributed by atoms with Crippen molar-refractivity contribution in [3.8, 4) is 0 Å². The van der Waals surface area contributed by atoms with Crippen LogP contribution in [0.3, 0.4) is 0 Å². The predicted octanol–water partition coefficient (Wildman–Crippen LogP) is 3.33. The van der Waals surface area contributed by atoms with E-state index in [1.165, 1.54) is 0 Å². The van der Waals surface area contributed by atoms with Gasteiger partial charge in [-0.3, -0.25) is 9.59 Å². The van der Waals surface area contributed by atoms with Crippen LogP contribution < -0.4 is 10.6 Å². The molecular formula is C14H13I3N2O2. The first-order valence-corrected chi connectivity index (χ1v) is 9.13. The summed E-state index contributed by atoms with van der Waals surface area (Å²) in [6.45, 7) is 7.91. The zero-order valence-electron chi connectivity index (χ0n) is 11.0. The van der Waals surface area contributed by atoms with E-state index < -0.39 is 0 Å². The second kappa shape index (κ2) is 9.08. The lowest BCUT2D eigenvalue weighted by Gasteiger charge is -2.14. The molecule has 0 saturated heterocycles. The lowest BCUT2D eigenvalue weighted by atomic mass is 10.1. The Labute approximate surface area is 164 Å². The highest BCUT2D eigenvalue weighted by molar-refractivity contribution is 14.1. The summed E-state index contributed by atoms with van der Waals surface area (Å²) in [5, 5.41) is 5.48. The third kappa shape index (κ3) is 4.91. The first-order chi connectivity index (χ1) is 9.93. The maximum Gasteiger partial charge on any atom is 0.253 e. The molecule has 0 spiro atoms. The highest BCUT2D eigenvalue weighted by Gasteiger charge is 2.23. The van der Waals surface area contributed by atoms with Crippen molar-refractivity contribution in [2.75, 3.05) is 13.1 Å². The number of amides is 2. The molecule has 0 aliphatic carbocycles. The number of hydrogen-bond donors (Lipinski definition) is 2. The zero-order chi connectivity index (χ0) is 16.0. The van der Waals surface area contributed by atoms with Crippen molar-refractivity contribution < 1.29 is 9.59 Å². The SMILES string of the molecule is C=CCNC(=O)c1c(I)cc(I)c(C(=O)NCC=C)c1I. The molecule has 0 bridgehead atoms. The van der Waals surface area contributed by atoms with Crippen LogP contribution >= 0.6 is 67.8 Å². The minimum atomic E-state index is -0.210. The van der Waals surface area contributed by atoms with Gasteiger partial charge in [0.25, 0.3) is 11.8 Å². The van der Waals surface area contributed by atoms with Gasteiger partial charge in [0, 0.05) is 23.8 Å². The molecule has 1 rings (SSSR count). The fraction of sp³-hybridized carbons (Fsp3) is 0.143. The topological polar surface area (TPSA) is 58.2 Å². The molecular weight excluding hydrogens is 609 g/mol. The number of carbonyl (C=O) groups excluding carboxylic acids is 2. The highest BCUT2D eigenvalue weighted by Crippen LogP contribution is 2.27. The quantitative estimate of drug-likeness (QED) is 0.378. The molecule has 112 valence electrons. The summed E-state index contributed by atoms with van der Waals surface area (Å²) in [7, 11) is 0. The molecule has 21 heavy (non-hydrogen) atoms. The van der Waals surface area contributed by atoms with Gasteiger partial charge in [0.2, 0.25) is 0 Å². The van der Waals surface area contributed by atoms with Crippen LogP contribution in [-0.4, -0.2) is 24.9 Å². The first kappa shape index (κ1) is 18.9. The van der Waals surface area contributed by atoms with Gasteiger partial charge in [-0.1, -0.05) is 12.2 Å². The highest BCUT2D eigenvalue weighted by atomic mass is 127. The molecule has 0 aromatic heterocycles. The van der Waals surface area contributed by atoms with E-state index in [1.807, 2.05) is 28.7 Å². The van der Waals surface area contributed by atoms with Crippen molar-refractivity contribution >= 4 is 79.6 Å². The van der Waals surface area contributed by atoms with E-state index in [-0.39, 0.29) is 11.8 Å². The lowest BCUT2D eigenvalue weighted by molar-refractivity contribution is 0.0956. The fourth-order valence-corrected chi connectivity index (χ4v) is 5.86. The van der Waals surface area contributed by atoms with Crippen LogP contribution in [0.2, 0.25) is 0 Å². The van der Waals surface area contributed by atoms with Crippen LogP contribution in [0.25, 0.3) is 0 Å². The average molecular weight is 622 g/mol. The third-order valence-electron chi connectivity index (χ3n) is 2.44. The van der Waals surface area contributed by atoms with Gasteiger partial charge in [0.1, 0.15) is 0 Å². The smallest absolute Gasteiger partial charge is 0.253 e. The van der Waals surface area contributed by atoms with E-state index in [0.29, 0.717) is 27.8 Å². The van der Waals surface area contributed by atoms with Crippen LogP contribution in [0.1, 0.15) is 20.7 Å². The molecule has 0 aliphatic rings. The van der Waals surface area contributed by atoms with Crippen LogP contribution in [0.5, 0.6) is 0 Å². The third-order valence-corrected chi connectivity index (χ3v) is 5.22. The monoisotopic (exact) mass is 622 g/mol. The largest absolute Gasteiger partial charge is 0.349 e. The van der Waals surface area contributed by atoms with Crippen LogP contribution in [0, 0.1) is 10.7 Å². The molecule has 0 aliphatic heterocycles. The van der Waals surface area contributed by atoms with Gasteiger partial charge in [-0.2, -0.15) is 0 Å². The van der Waals surface area contributed by atoms with Gasteiger partial charge in [0.05, 0.1) is 11.1 Å². The summed E-state index contributed by atoms with van der Waals surface area (Å²) in [5.74, 6) is -0.421. The van der Waals surface area contributed by atoms with Gasteiger partial charge in [-0.15, -0.1) is 13.2 Å². The zero-order valence-corrected chi connectivity index (χ0v) is 17.5. The fourth-order valence-electron chi connectivity index (χ4n) is 1.51. The Kier molecular flexibility index (Phi) is 8.16. The number of nitrogens with one attached hydrogen (secondary N) is 2. The average Bonchev–Trinajstić information content (AvgIpc) is 2.42. The van der Waals surface area contributed by atoms with Gasteiger partial charge in [-0.25, -0.2) is 0 Å². The van der Waals surface area contributed by atoms with Gasteiger partial charge in [0.15, 0.2) is 0 Å². The number of benzene rings is 1. The van der Waals surface area contributed by atoms with Crippen molar-refractivity contribution in [2.45, 2.75) is 0 Å². The number of rotatable bonds is 6. The molecule has 2 amide bonds. The number of carbonyl (C=O) groups is 2. The molecule has 2 N–H and O–H groups in total. The maximum atomic E-state index is 12.2. The van der Waals surface area contributed by atoms with Gasteiger partial charge >= 0.3 is 0 Å². The van der Waals surface area contributed by atoms with Gasteiger partial charge < -0.3 is 10.6 Å². The summed E-state index contributed by atoms with van der Waals surface area (Å²) < 4.78 is 2.26. The second-order valence-electron chi connectivity index (χ2n) is 3.90. The van der Waals surface area contributed by atoms with E-state index in [0.717, 1.165) is 7.14 Å². The Balaban J connectivity index is 3.27. The second-order valence-corrected chi connectivity index (χ2v) is 7.30. The van der Waals surface area contributed by atoms with E-state index in [4.69, 9.17) is 0 Å². The van der Waals surface area contributed by atoms with Crippen molar-refractivity contribution in [1.29, 1.82) is 0 Å². The van der Waals surface area contributed by atoms with Crippen LogP contribution in [-0.2, 0) is 0 Å². The Morgan fingerprint density at radius 2 is 1.33 bits per heavy atom. The summed E-state index contributed by atoms with van der Waals surface area (Å²) in [6.07, 6.45) is 3.23. The standard InChI is InChI=1S/C14H13I3N2O2/c1-3-5-18-13(20)10-8(15)7-9(16)11(12(10)17)14(21)19-6-4-2/h3-4,7H,1-2,5-6H2,(H,18,20)(H,19,21). The molecule has 0 unspecified atom stereocenters. The molecule has 0 fully saturated rings. The molecule has 4 nitrogen and oxygen atoms in total. The summed E-state index contributed by atoms with van der Waals surface area (Å²) >= 11 is 6.25. The molecule has 0 atom stereocenters. The Morgan fingerprint density at radius 3 is 1.67 bits per heavy atom. The molecule has 1 aromatic carbocycles. The van der Waals surface area contributed by atoms with E-state index in [2.05, 4.69) is 69.0 Å². The van der Waals surface area contributed by atoms with Crippen molar-refractivity contribution in [3.05, 3.63) is 53.2 Å². The minimum absolute atomic E-state index is 0.210. The first-order valence-electron chi connectivity index (χ1n) is 5.89. The summed E-state index contributed by atoms with van der Waals surface area (Å²) in [5.41, 5.74) is 1.03. The summed E-state index contributed by atoms with van der Waals surface area (Å²) in [6, 6.07) is 1.83. The minimum Gasteiger partial charge on any atom is -0.349 e.